The molecule has 9 heteroatoms. The van der Waals surface area contributed by atoms with Gasteiger partial charge < -0.3 is 9.30 Å². The predicted octanol–water partition coefficient (Wildman–Crippen LogP) is 0.226. The minimum atomic E-state index is -0.541. The van der Waals surface area contributed by atoms with Gasteiger partial charge in [-0.15, -0.1) is 0 Å². The number of rotatable bonds is 4. The van der Waals surface area contributed by atoms with E-state index in [1.54, 1.807) is 11.4 Å². The van der Waals surface area contributed by atoms with Gasteiger partial charge in [-0.3, -0.25) is 23.1 Å². The average Bonchev–Trinajstić information content (AvgIpc) is 3.28. The molecule has 0 bridgehead atoms. The zero-order valence-electron chi connectivity index (χ0n) is 15.1. The first-order valence-corrected chi connectivity index (χ1v) is 8.67. The first kappa shape index (κ1) is 16.8. The monoisotopic (exact) mass is 359 g/mol. The van der Waals surface area contributed by atoms with E-state index < -0.39 is 11.2 Å². The molecule has 0 spiro atoms. The highest BCUT2D eigenvalue weighted by atomic mass is 16.5. The first-order valence-electron chi connectivity index (χ1n) is 8.67. The van der Waals surface area contributed by atoms with Gasteiger partial charge in [0.05, 0.1) is 19.2 Å². The van der Waals surface area contributed by atoms with E-state index in [2.05, 4.69) is 4.98 Å². The van der Waals surface area contributed by atoms with Crippen molar-refractivity contribution in [1.82, 2.24) is 23.1 Å². The van der Waals surface area contributed by atoms with Crippen molar-refractivity contribution in [2.45, 2.75) is 45.9 Å². The summed E-state index contributed by atoms with van der Waals surface area (Å²) in [6, 6.07) is 0. The van der Waals surface area contributed by atoms with E-state index in [-0.39, 0.29) is 18.4 Å². The highest BCUT2D eigenvalue weighted by molar-refractivity contribution is 5.78. The topological polar surface area (TPSA) is 92.5 Å². The number of fused-ring (bicyclic) bond motifs is 3. The van der Waals surface area contributed by atoms with Gasteiger partial charge in [0.15, 0.2) is 11.2 Å². The average molecular weight is 359 g/mol. The zero-order chi connectivity index (χ0) is 18.6. The minimum absolute atomic E-state index is 0.128. The highest BCUT2D eigenvalue weighted by Gasteiger charge is 2.23. The van der Waals surface area contributed by atoms with E-state index in [0.717, 1.165) is 29.7 Å². The van der Waals surface area contributed by atoms with Gasteiger partial charge in [-0.1, -0.05) is 0 Å². The largest absolute Gasteiger partial charge is 0.376 e. The molecule has 4 heterocycles. The van der Waals surface area contributed by atoms with Gasteiger partial charge >= 0.3 is 5.69 Å². The Bertz CT molecular complexity index is 1140. The van der Waals surface area contributed by atoms with Crippen LogP contribution in [0.15, 0.2) is 15.8 Å². The van der Waals surface area contributed by atoms with Crippen LogP contribution in [0.1, 0.15) is 25.5 Å². The van der Waals surface area contributed by atoms with Crippen LogP contribution in [0.5, 0.6) is 0 Å². The molecule has 1 unspecified atom stereocenters. The quantitative estimate of drug-likeness (QED) is 0.665. The number of carbonyl (C=O) groups is 1. The minimum Gasteiger partial charge on any atom is -0.376 e. The van der Waals surface area contributed by atoms with Gasteiger partial charge in [0.25, 0.3) is 5.56 Å². The fourth-order valence-electron chi connectivity index (χ4n) is 3.63. The Hall–Kier alpha value is -2.68. The molecule has 26 heavy (non-hydrogen) atoms. The first-order chi connectivity index (χ1) is 12.4. The number of aryl methyl sites for hydroxylation is 2. The molecule has 0 amide bonds. The molecule has 4 rings (SSSR count). The van der Waals surface area contributed by atoms with Crippen molar-refractivity contribution in [3.05, 3.63) is 32.7 Å². The lowest BCUT2D eigenvalue weighted by Crippen LogP contribution is -2.40. The third kappa shape index (κ3) is 2.42. The molecule has 1 saturated heterocycles. The molecule has 0 aliphatic carbocycles. The second-order valence-corrected chi connectivity index (χ2v) is 6.91. The highest BCUT2D eigenvalue weighted by Crippen LogP contribution is 2.20. The fourth-order valence-corrected chi connectivity index (χ4v) is 3.63. The number of Topliss-reactive ketones (excluding diaryl/α,β-unsaturated/α-hetero) is 1. The summed E-state index contributed by atoms with van der Waals surface area (Å²) in [6.45, 7) is 4.48. The number of imidazole rings is 2. The van der Waals surface area contributed by atoms with E-state index >= 15 is 0 Å². The van der Waals surface area contributed by atoms with Crippen LogP contribution in [0.25, 0.3) is 16.9 Å². The molecule has 1 aliphatic heterocycles. The normalized spacial score (nSPS) is 17.6. The number of ether oxygens (including phenoxy) is 1. The van der Waals surface area contributed by atoms with Gasteiger partial charge in [-0.2, -0.15) is 4.98 Å². The number of nitrogens with zero attached hydrogens (tertiary/aromatic N) is 5. The molecule has 0 saturated carbocycles. The third-order valence-corrected chi connectivity index (χ3v) is 4.93. The third-order valence-electron chi connectivity index (χ3n) is 4.93. The number of hydrogen-bond acceptors (Lipinski definition) is 5. The molecule has 1 aliphatic rings. The molecule has 0 aromatic carbocycles. The standard InChI is InChI=1S/C17H21N5O4/c1-10-7-21-13-14(18-16(21)20(10)9-12-5-4-6-26-12)19(3)17(25)22(15(13)24)8-11(2)23/h7,12H,4-6,8-9H2,1-3H3. The molecular weight excluding hydrogens is 338 g/mol. The maximum absolute atomic E-state index is 12.9. The molecule has 1 atom stereocenters. The summed E-state index contributed by atoms with van der Waals surface area (Å²) in [4.78, 5) is 41.4. The van der Waals surface area contributed by atoms with E-state index in [9.17, 15) is 14.4 Å². The van der Waals surface area contributed by atoms with Crippen molar-refractivity contribution in [2.75, 3.05) is 6.61 Å². The summed E-state index contributed by atoms with van der Waals surface area (Å²) < 4.78 is 11.7. The smallest absolute Gasteiger partial charge is 0.332 e. The second kappa shape index (κ2) is 5.94. The SMILES string of the molecule is CC(=O)Cn1c(=O)c2c(nc3n(CC4CCCO4)c(C)cn23)n(C)c1=O. The van der Waals surface area contributed by atoms with Crippen LogP contribution >= 0.6 is 0 Å². The second-order valence-electron chi connectivity index (χ2n) is 6.91. The van der Waals surface area contributed by atoms with Crippen molar-refractivity contribution in [3.8, 4) is 0 Å². The number of carbonyl (C=O) groups excluding carboxylic acids is 1. The molecule has 0 N–H and O–H groups in total. The van der Waals surface area contributed by atoms with Crippen LogP contribution in [0.3, 0.4) is 0 Å². The van der Waals surface area contributed by atoms with Crippen molar-refractivity contribution in [3.63, 3.8) is 0 Å². The van der Waals surface area contributed by atoms with E-state index in [4.69, 9.17) is 4.74 Å². The maximum atomic E-state index is 12.9. The van der Waals surface area contributed by atoms with Crippen molar-refractivity contribution < 1.29 is 9.53 Å². The van der Waals surface area contributed by atoms with Gasteiger partial charge in [0.2, 0.25) is 5.78 Å². The Morgan fingerprint density at radius 3 is 2.77 bits per heavy atom. The summed E-state index contributed by atoms with van der Waals surface area (Å²) >= 11 is 0. The van der Waals surface area contributed by atoms with E-state index in [1.165, 1.54) is 11.5 Å². The predicted molar refractivity (Wildman–Crippen MR) is 94.6 cm³/mol. The molecular formula is C17H21N5O4. The summed E-state index contributed by atoms with van der Waals surface area (Å²) in [5.41, 5.74) is 0.533. The molecule has 3 aromatic rings. The molecule has 0 radical (unpaired) electrons. The van der Waals surface area contributed by atoms with Crippen LogP contribution in [0, 0.1) is 6.92 Å². The van der Waals surface area contributed by atoms with Gasteiger partial charge in [-0.05, 0) is 26.7 Å². The zero-order valence-corrected chi connectivity index (χ0v) is 15.1. The number of ketones is 1. The van der Waals surface area contributed by atoms with E-state index in [0.29, 0.717) is 23.5 Å². The Labute approximate surface area is 148 Å². The molecule has 138 valence electrons. The van der Waals surface area contributed by atoms with Crippen LogP contribution in [-0.4, -0.2) is 41.6 Å². The van der Waals surface area contributed by atoms with Crippen molar-refractivity contribution >= 4 is 22.7 Å². The maximum Gasteiger partial charge on any atom is 0.332 e. The molecule has 1 fully saturated rings. The van der Waals surface area contributed by atoms with Crippen LogP contribution in [0.2, 0.25) is 0 Å². The Balaban J connectivity index is 1.98. The van der Waals surface area contributed by atoms with Crippen molar-refractivity contribution in [2.24, 2.45) is 7.05 Å². The summed E-state index contributed by atoms with van der Waals surface area (Å²) in [5.74, 6) is 0.345. The van der Waals surface area contributed by atoms with Crippen molar-refractivity contribution in [1.29, 1.82) is 0 Å². The van der Waals surface area contributed by atoms with Crippen LogP contribution in [-0.2, 0) is 29.7 Å². The molecule has 9 nitrogen and oxygen atoms in total. The summed E-state index contributed by atoms with van der Waals surface area (Å²) in [6.07, 6.45) is 4.00. The molecule has 3 aromatic heterocycles. The van der Waals surface area contributed by atoms with Gasteiger partial charge in [0.1, 0.15) is 5.78 Å². The summed E-state index contributed by atoms with van der Waals surface area (Å²) in [7, 11) is 1.56. The Morgan fingerprint density at radius 1 is 1.35 bits per heavy atom. The lowest BCUT2D eigenvalue weighted by atomic mass is 10.2. The Morgan fingerprint density at radius 2 is 2.12 bits per heavy atom. The van der Waals surface area contributed by atoms with Gasteiger partial charge in [-0.25, -0.2) is 4.79 Å². The summed E-state index contributed by atoms with van der Waals surface area (Å²) in [5, 5.41) is 0. The number of hydrogen-bond donors (Lipinski definition) is 0. The lowest BCUT2D eigenvalue weighted by molar-refractivity contribution is -0.117. The number of aromatic nitrogens is 5. The van der Waals surface area contributed by atoms with Crippen LogP contribution in [0.4, 0.5) is 0 Å². The Kier molecular flexibility index (Phi) is 3.83. The van der Waals surface area contributed by atoms with E-state index in [1.807, 2.05) is 17.7 Å². The van der Waals surface area contributed by atoms with Crippen LogP contribution < -0.4 is 11.2 Å². The lowest BCUT2D eigenvalue weighted by Gasteiger charge is -2.11. The van der Waals surface area contributed by atoms with Gasteiger partial charge in [0, 0.05) is 25.5 Å². The fraction of sp³-hybridized carbons (Fsp3) is 0.529.